The Bertz CT molecular complexity index is 1010. The first-order valence-electron chi connectivity index (χ1n) is 8.77. The van der Waals surface area contributed by atoms with Crippen LogP contribution in [0.15, 0.2) is 42.0 Å². The zero-order valence-electron chi connectivity index (χ0n) is 15.8. The Kier molecular flexibility index (Phi) is 5.46. The number of carbonyl (C=O) groups excluding carboxylic acids is 2. The second-order valence-electron chi connectivity index (χ2n) is 6.34. The van der Waals surface area contributed by atoms with Crippen LogP contribution in [0, 0.1) is 13.8 Å². The molecule has 6 nitrogen and oxygen atoms in total. The number of amides is 2. The molecule has 0 saturated carbocycles. The number of ether oxygens (including phenoxy) is 1. The largest absolute Gasteiger partial charge is 0.504 e. The standard InChI is InChI=1S/C21H20N2O4S/c1-4-27-18-11-14(8-9-17(18)24)10-15-19(25)22-21(28)23(20(15)26)16-7-5-6-12(2)13(16)3/h5-11,24H,4H2,1-3H3,(H,22,25,28)/b15-10+. The molecule has 1 aliphatic heterocycles. The fourth-order valence-electron chi connectivity index (χ4n) is 2.91. The molecule has 1 saturated heterocycles. The van der Waals surface area contributed by atoms with Crippen LogP contribution in [-0.4, -0.2) is 28.6 Å². The first-order chi connectivity index (χ1) is 13.3. The van der Waals surface area contributed by atoms with Crippen molar-refractivity contribution in [3.63, 3.8) is 0 Å². The summed E-state index contributed by atoms with van der Waals surface area (Å²) in [4.78, 5) is 26.9. The maximum Gasteiger partial charge on any atom is 0.270 e. The van der Waals surface area contributed by atoms with Crippen molar-refractivity contribution < 1.29 is 19.4 Å². The molecule has 0 unspecified atom stereocenters. The van der Waals surface area contributed by atoms with Crippen LogP contribution in [0.2, 0.25) is 0 Å². The second kappa shape index (κ2) is 7.82. The molecule has 0 aromatic heterocycles. The number of phenolic OH excluding ortho intramolecular Hbond substituents is 1. The summed E-state index contributed by atoms with van der Waals surface area (Å²) in [6.45, 7) is 6.01. The summed E-state index contributed by atoms with van der Waals surface area (Å²) in [5, 5.41) is 12.5. The Morgan fingerprint density at radius 2 is 1.96 bits per heavy atom. The zero-order valence-corrected chi connectivity index (χ0v) is 16.6. The Morgan fingerprint density at radius 1 is 1.21 bits per heavy atom. The van der Waals surface area contributed by atoms with Gasteiger partial charge in [-0.25, -0.2) is 0 Å². The van der Waals surface area contributed by atoms with Gasteiger partial charge in [-0.05, 0) is 74.0 Å². The van der Waals surface area contributed by atoms with Gasteiger partial charge in [0.05, 0.1) is 12.3 Å². The van der Waals surface area contributed by atoms with Gasteiger partial charge in [0, 0.05) is 0 Å². The van der Waals surface area contributed by atoms with E-state index in [-0.39, 0.29) is 22.2 Å². The number of aromatic hydroxyl groups is 1. The highest BCUT2D eigenvalue weighted by atomic mass is 32.1. The third-order valence-electron chi connectivity index (χ3n) is 4.51. The number of aryl methyl sites for hydroxylation is 1. The van der Waals surface area contributed by atoms with E-state index in [2.05, 4.69) is 5.32 Å². The quantitative estimate of drug-likeness (QED) is 0.471. The molecule has 0 spiro atoms. The lowest BCUT2D eigenvalue weighted by atomic mass is 10.0. The molecule has 28 heavy (non-hydrogen) atoms. The molecule has 2 aromatic rings. The van der Waals surface area contributed by atoms with Crippen LogP contribution in [0.1, 0.15) is 23.6 Å². The molecule has 0 radical (unpaired) electrons. The van der Waals surface area contributed by atoms with E-state index in [0.717, 1.165) is 11.1 Å². The summed E-state index contributed by atoms with van der Waals surface area (Å²) in [7, 11) is 0. The van der Waals surface area contributed by atoms with E-state index < -0.39 is 11.8 Å². The van der Waals surface area contributed by atoms with E-state index >= 15 is 0 Å². The summed E-state index contributed by atoms with van der Waals surface area (Å²) in [6, 6.07) is 10.2. The Labute approximate surface area is 168 Å². The van der Waals surface area contributed by atoms with E-state index in [1.165, 1.54) is 17.0 Å². The molecule has 1 heterocycles. The summed E-state index contributed by atoms with van der Waals surface area (Å²) in [6.07, 6.45) is 1.46. The number of phenols is 1. The fraction of sp³-hybridized carbons (Fsp3) is 0.190. The zero-order chi connectivity index (χ0) is 20.4. The van der Waals surface area contributed by atoms with E-state index in [4.69, 9.17) is 17.0 Å². The minimum atomic E-state index is -0.567. The van der Waals surface area contributed by atoms with Crippen molar-refractivity contribution in [2.75, 3.05) is 11.5 Å². The lowest BCUT2D eigenvalue weighted by Crippen LogP contribution is -2.54. The van der Waals surface area contributed by atoms with Gasteiger partial charge in [0.1, 0.15) is 5.57 Å². The van der Waals surface area contributed by atoms with Gasteiger partial charge < -0.3 is 9.84 Å². The van der Waals surface area contributed by atoms with Crippen LogP contribution < -0.4 is 15.0 Å². The number of nitrogens with one attached hydrogen (secondary N) is 1. The molecule has 1 aliphatic rings. The average molecular weight is 396 g/mol. The first-order valence-corrected chi connectivity index (χ1v) is 9.17. The van der Waals surface area contributed by atoms with Crippen molar-refractivity contribution in [1.29, 1.82) is 0 Å². The number of benzene rings is 2. The van der Waals surface area contributed by atoms with Gasteiger partial charge in [-0.3, -0.25) is 19.8 Å². The summed E-state index contributed by atoms with van der Waals surface area (Å²) in [5.74, 6) is -0.805. The Morgan fingerprint density at radius 3 is 2.68 bits per heavy atom. The van der Waals surface area contributed by atoms with Crippen molar-refractivity contribution >= 4 is 40.9 Å². The molecular formula is C21H20N2O4S. The third kappa shape index (κ3) is 3.61. The number of carbonyl (C=O) groups is 2. The molecule has 0 bridgehead atoms. The highest BCUT2D eigenvalue weighted by Gasteiger charge is 2.35. The van der Waals surface area contributed by atoms with Crippen molar-refractivity contribution in [3.05, 3.63) is 58.7 Å². The van der Waals surface area contributed by atoms with Crippen molar-refractivity contribution in [3.8, 4) is 11.5 Å². The highest BCUT2D eigenvalue weighted by Crippen LogP contribution is 2.30. The predicted octanol–water partition coefficient (Wildman–Crippen LogP) is 3.24. The highest BCUT2D eigenvalue weighted by molar-refractivity contribution is 7.80. The fourth-order valence-corrected chi connectivity index (χ4v) is 3.19. The molecule has 7 heteroatoms. The molecule has 0 aliphatic carbocycles. The molecule has 144 valence electrons. The van der Waals surface area contributed by atoms with Gasteiger partial charge in [-0.2, -0.15) is 0 Å². The normalized spacial score (nSPS) is 15.8. The topological polar surface area (TPSA) is 78.9 Å². The molecule has 3 rings (SSSR count). The number of thiocarbonyl (C=S) groups is 1. The molecular weight excluding hydrogens is 376 g/mol. The van der Waals surface area contributed by atoms with E-state index in [1.54, 1.807) is 25.1 Å². The number of nitrogens with zero attached hydrogens (tertiary/aromatic N) is 1. The van der Waals surface area contributed by atoms with Crippen molar-refractivity contribution in [1.82, 2.24) is 5.32 Å². The van der Waals surface area contributed by atoms with Gasteiger partial charge in [-0.1, -0.05) is 18.2 Å². The van der Waals surface area contributed by atoms with Gasteiger partial charge in [0.25, 0.3) is 11.8 Å². The number of rotatable bonds is 4. The molecule has 1 fully saturated rings. The van der Waals surface area contributed by atoms with E-state index in [1.807, 2.05) is 26.0 Å². The number of anilines is 1. The van der Waals surface area contributed by atoms with Gasteiger partial charge in [-0.15, -0.1) is 0 Å². The van der Waals surface area contributed by atoms with E-state index in [0.29, 0.717) is 17.9 Å². The minimum absolute atomic E-state index is 0.0124. The third-order valence-corrected chi connectivity index (χ3v) is 4.80. The minimum Gasteiger partial charge on any atom is -0.504 e. The van der Waals surface area contributed by atoms with Crippen LogP contribution in [0.3, 0.4) is 0 Å². The molecule has 0 atom stereocenters. The van der Waals surface area contributed by atoms with Gasteiger partial charge >= 0.3 is 0 Å². The maximum atomic E-state index is 13.1. The lowest BCUT2D eigenvalue weighted by molar-refractivity contribution is -0.122. The SMILES string of the molecule is CCOc1cc(/C=C2\C(=O)NC(=S)N(c3cccc(C)c3C)C2=O)ccc1O. The number of hydrogen-bond donors (Lipinski definition) is 2. The second-order valence-corrected chi connectivity index (χ2v) is 6.72. The monoisotopic (exact) mass is 396 g/mol. The summed E-state index contributed by atoms with van der Waals surface area (Å²) < 4.78 is 5.36. The average Bonchev–Trinajstić information content (AvgIpc) is 2.64. The maximum absolute atomic E-state index is 13.1. The van der Waals surface area contributed by atoms with Crippen LogP contribution in [-0.2, 0) is 9.59 Å². The van der Waals surface area contributed by atoms with E-state index in [9.17, 15) is 14.7 Å². The van der Waals surface area contributed by atoms with Gasteiger partial charge in [0.15, 0.2) is 16.6 Å². The number of hydrogen-bond acceptors (Lipinski definition) is 5. The first kappa shape index (κ1) is 19.6. The van der Waals surface area contributed by atoms with Gasteiger partial charge in [0.2, 0.25) is 0 Å². The van der Waals surface area contributed by atoms with Crippen LogP contribution >= 0.6 is 12.2 Å². The smallest absolute Gasteiger partial charge is 0.270 e. The summed E-state index contributed by atoms with van der Waals surface area (Å²) in [5.41, 5.74) is 3.03. The predicted molar refractivity (Wildman–Crippen MR) is 111 cm³/mol. The summed E-state index contributed by atoms with van der Waals surface area (Å²) >= 11 is 5.25. The van der Waals surface area contributed by atoms with Crippen molar-refractivity contribution in [2.45, 2.75) is 20.8 Å². The lowest BCUT2D eigenvalue weighted by Gasteiger charge is -2.30. The van der Waals surface area contributed by atoms with Crippen LogP contribution in [0.4, 0.5) is 5.69 Å². The van der Waals surface area contributed by atoms with Crippen LogP contribution in [0.5, 0.6) is 11.5 Å². The van der Waals surface area contributed by atoms with Crippen LogP contribution in [0.25, 0.3) is 6.08 Å². The molecule has 2 amide bonds. The molecule has 2 aromatic carbocycles. The Balaban J connectivity index is 2.04. The Hall–Kier alpha value is -3.19. The van der Waals surface area contributed by atoms with Crippen molar-refractivity contribution in [2.24, 2.45) is 0 Å². The molecule has 2 N–H and O–H groups in total.